The number of benzene rings is 1. The largest absolute Gasteiger partial charge is 0.399 e. The Morgan fingerprint density at radius 1 is 1.39 bits per heavy atom. The van der Waals surface area contributed by atoms with Gasteiger partial charge in [0.2, 0.25) is 0 Å². The van der Waals surface area contributed by atoms with E-state index < -0.39 is 0 Å². The SMILES string of the molecule is Cc1ccc(N)cc1SCc1ncnn1C(C)C. The van der Waals surface area contributed by atoms with Crippen molar-refractivity contribution in [1.29, 1.82) is 0 Å². The Balaban J connectivity index is 2.11. The van der Waals surface area contributed by atoms with Gasteiger partial charge in [0.15, 0.2) is 0 Å². The summed E-state index contributed by atoms with van der Waals surface area (Å²) in [6.07, 6.45) is 1.61. The number of nitrogens with two attached hydrogens (primary N) is 1. The van der Waals surface area contributed by atoms with Gasteiger partial charge in [-0.15, -0.1) is 11.8 Å². The number of nitrogens with zero attached hydrogens (tertiary/aromatic N) is 3. The molecule has 0 bridgehead atoms. The Labute approximate surface area is 112 Å². The van der Waals surface area contributed by atoms with Crippen LogP contribution in [0.4, 0.5) is 5.69 Å². The zero-order valence-electron chi connectivity index (χ0n) is 10.9. The predicted molar refractivity (Wildman–Crippen MR) is 75.6 cm³/mol. The monoisotopic (exact) mass is 262 g/mol. The van der Waals surface area contributed by atoms with E-state index in [-0.39, 0.29) is 0 Å². The van der Waals surface area contributed by atoms with Crippen molar-refractivity contribution >= 4 is 17.4 Å². The van der Waals surface area contributed by atoms with Crippen molar-refractivity contribution in [2.24, 2.45) is 0 Å². The van der Waals surface area contributed by atoms with Gasteiger partial charge in [-0.05, 0) is 38.5 Å². The molecule has 2 N–H and O–H groups in total. The van der Waals surface area contributed by atoms with Crippen LogP contribution in [0.15, 0.2) is 29.4 Å². The van der Waals surface area contributed by atoms with Gasteiger partial charge >= 0.3 is 0 Å². The van der Waals surface area contributed by atoms with Crippen LogP contribution in [-0.4, -0.2) is 14.8 Å². The lowest BCUT2D eigenvalue weighted by atomic mass is 10.2. The molecule has 1 heterocycles. The van der Waals surface area contributed by atoms with Gasteiger partial charge in [0.25, 0.3) is 0 Å². The third kappa shape index (κ3) is 2.85. The van der Waals surface area contributed by atoms with Crippen molar-refractivity contribution in [2.75, 3.05) is 5.73 Å². The molecule has 4 nitrogen and oxygen atoms in total. The highest BCUT2D eigenvalue weighted by Crippen LogP contribution is 2.27. The summed E-state index contributed by atoms with van der Waals surface area (Å²) in [5, 5.41) is 4.24. The summed E-state index contributed by atoms with van der Waals surface area (Å²) in [6.45, 7) is 6.30. The van der Waals surface area contributed by atoms with Crippen molar-refractivity contribution in [3.05, 3.63) is 35.9 Å². The van der Waals surface area contributed by atoms with E-state index in [1.165, 1.54) is 10.5 Å². The number of hydrogen-bond donors (Lipinski definition) is 1. The van der Waals surface area contributed by atoms with Crippen LogP contribution in [-0.2, 0) is 5.75 Å². The van der Waals surface area contributed by atoms with E-state index in [1.807, 2.05) is 22.9 Å². The number of aromatic nitrogens is 3. The van der Waals surface area contributed by atoms with Gasteiger partial charge in [-0.2, -0.15) is 5.10 Å². The molecule has 2 rings (SSSR count). The third-order valence-corrected chi connectivity index (χ3v) is 3.86. The summed E-state index contributed by atoms with van der Waals surface area (Å²) in [7, 11) is 0. The molecule has 0 aliphatic heterocycles. The molecule has 2 aromatic rings. The van der Waals surface area contributed by atoms with Crippen molar-refractivity contribution in [3.63, 3.8) is 0 Å². The highest BCUT2D eigenvalue weighted by molar-refractivity contribution is 7.98. The number of anilines is 1. The molecule has 0 aliphatic rings. The van der Waals surface area contributed by atoms with Crippen LogP contribution in [0.1, 0.15) is 31.3 Å². The number of rotatable bonds is 4. The normalized spacial score (nSPS) is 11.1. The minimum atomic E-state index is 0.338. The molecule has 0 atom stereocenters. The second-order valence-electron chi connectivity index (χ2n) is 4.53. The summed E-state index contributed by atoms with van der Waals surface area (Å²) in [4.78, 5) is 5.51. The minimum absolute atomic E-state index is 0.338. The van der Waals surface area contributed by atoms with Crippen molar-refractivity contribution in [3.8, 4) is 0 Å². The zero-order valence-corrected chi connectivity index (χ0v) is 11.7. The van der Waals surface area contributed by atoms with Crippen molar-refractivity contribution in [1.82, 2.24) is 14.8 Å². The Morgan fingerprint density at radius 2 is 2.17 bits per heavy atom. The van der Waals surface area contributed by atoms with E-state index in [0.717, 1.165) is 17.3 Å². The van der Waals surface area contributed by atoms with Gasteiger partial charge in [-0.3, -0.25) is 0 Å². The molecular formula is C13H18N4S. The first-order chi connectivity index (χ1) is 8.58. The molecule has 0 unspecified atom stereocenters. The third-order valence-electron chi connectivity index (χ3n) is 2.71. The first-order valence-electron chi connectivity index (χ1n) is 5.95. The zero-order chi connectivity index (χ0) is 13.1. The van der Waals surface area contributed by atoms with Crippen LogP contribution in [0.5, 0.6) is 0 Å². The fraction of sp³-hybridized carbons (Fsp3) is 0.385. The summed E-state index contributed by atoms with van der Waals surface area (Å²) in [5.41, 5.74) is 7.85. The van der Waals surface area contributed by atoms with E-state index >= 15 is 0 Å². The van der Waals surface area contributed by atoms with E-state index in [9.17, 15) is 0 Å². The van der Waals surface area contributed by atoms with Gasteiger partial charge in [0.1, 0.15) is 12.2 Å². The molecule has 0 saturated heterocycles. The number of aryl methyl sites for hydroxylation is 1. The molecule has 5 heteroatoms. The van der Waals surface area contributed by atoms with Gasteiger partial charge in [-0.25, -0.2) is 9.67 Å². The van der Waals surface area contributed by atoms with Crippen LogP contribution in [0.2, 0.25) is 0 Å². The standard InChI is InChI=1S/C13H18N4S/c1-9(2)17-13(15-8-16-17)7-18-12-6-11(14)5-4-10(12)3/h4-6,8-9H,7,14H2,1-3H3. The first-order valence-corrected chi connectivity index (χ1v) is 6.94. The molecule has 0 amide bonds. The smallest absolute Gasteiger partial charge is 0.138 e. The summed E-state index contributed by atoms with van der Waals surface area (Å²) >= 11 is 1.75. The van der Waals surface area contributed by atoms with Gasteiger partial charge in [0.05, 0.1) is 5.75 Å². The lowest BCUT2D eigenvalue weighted by molar-refractivity contribution is 0.514. The predicted octanol–water partition coefficient (Wildman–Crippen LogP) is 3.04. The maximum absolute atomic E-state index is 5.81. The molecule has 0 fully saturated rings. The highest BCUT2D eigenvalue weighted by atomic mass is 32.2. The van der Waals surface area contributed by atoms with E-state index in [0.29, 0.717) is 6.04 Å². The lowest BCUT2D eigenvalue weighted by Gasteiger charge is -2.10. The highest BCUT2D eigenvalue weighted by Gasteiger charge is 2.09. The molecule has 0 spiro atoms. The number of thioether (sulfide) groups is 1. The number of hydrogen-bond acceptors (Lipinski definition) is 4. The summed E-state index contributed by atoms with van der Waals surface area (Å²) in [5.74, 6) is 1.81. The van der Waals surface area contributed by atoms with Crippen molar-refractivity contribution in [2.45, 2.75) is 37.5 Å². The van der Waals surface area contributed by atoms with Crippen LogP contribution < -0.4 is 5.73 Å². The van der Waals surface area contributed by atoms with E-state index in [4.69, 9.17) is 5.73 Å². The average molecular weight is 262 g/mol. The van der Waals surface area contributed by atoms with Crippen LogP contribution in [0.3, 0.4) is 0 Å². The quantitative estimate of drug-likeness (QED) is 0.679. The molecule has 0 aliphatic carbocycles. The number of nitrogen functional groups attached to an aromatic ring is 1. The fourth-order valence-corrected chi connectivity index (χ4v) is 2.73. The van der Waals surface area contributed by atoms with Gasteiger partial charge in [0, 0.05) is 16.6 Å². The topological polar surface area (TPSA) is 56.7 Å². The van der Waals surface area contributed by atoms with Gasteiger partial charge in [-0.1, -0.05) is 6.07 Å². The van der Waals surface area contributed by atoms with E-state index in [1.54, 1.807) is 18.1 Å². The first kappa shape index (κ1) is 13.0. The van der Waals surface area contributed by atoms with Crippen LogP contribution in [0, 0.1) is 6.92 Å². The minimum Gasteiger partial charge on any atom is -0.399 e. The Bertz CT molecular complexity index is 534. The average Bonchev–Trinajstić information content (AvgIpc) is 2.79. The second kappa shape index (κ2) is 5.44. The Morgan fingerprint density at radius 3 is 2.89 bits per heavy atom. The second-order valence-corrected chi connectivity index (χ2v) is 5.55. The maximum Gasteiger partial charge on any atom is 0.138 e. The maximum atomic E-state index is 5.81. The Hall–Kier alpha value is -1.49. The molecule has 96 valence electrons. The van der Waals surface area contributed by atoms with Gasteiger partial charge < -0.3 is 5.73 Å². The summed E-state index contributed by atoms with van der Waals surface area (Å²) in [6, 6.07) is 6.32. The fourth-order valence-electron chi connectivity index (χ4n) is 1.72. The molecular weight excluding hydrogens is 244 g/mol. The van der Waals surface area contributed by atoms with E-state index in [2.05, 4.69) is 30.9 Å². The molecule has 0 radical (unpaired) electrons. The van der Waals surface area contributed by atoms with Crippen LogP contribution >= 0.6 is 11.8 Å². The molecule has 18 heavy (non-hydrogen) atoms. The van der Waals surface area contributed by atoms with Crippen LogP contribution in [0.25, 0.3) is 0 Å². The van der Waals surface area contributed by atoms with Crippen molar-refractivity contribution < 1.29 is 0 Å². The molecule has 0 saturated carbocycles. The summed E-state index contributed by atoms with van der Waals surface area (Å²) < 4.78 is 1.95. The molecule has 1 aromatic heterocycles. The lowest BCUT2D eigenvalue weighted by Crippen LogP contribution is -2.07. The Kier molecular flexibility index (Phi) is 3.91. The molecule has 1 aromatic carbocycles.